The second-order valence-electron chi connectivity index (χ2n) is 10.3. The highest BCUT2D eigenvalue weighted by molar-refractivity contribution is 6.42. The van der Waals surface area contributed by atoms with Crippen molar-refractivity contribution in [2.45, 2.75) is 20.8 Å². The van der Waals surface area contributed by atoms with Crippen LogP contribution in [0, 0.1) is 13.8 Å². The van der Waals surface area contributed by atoms with Crippen LogP contribution in [0.4, 0.5) is 0 Å². The second-order valence-corrected chi connectivity index (χ2v) is 10.3. The van der Waals surface area contributed by atoms with Crippen LogP contribution >= 0.6 is 0 Å². The van der Waals surface area contributed by atoms with E-state index >= 15 is 0 Å². The first kappa shape index (κ1) is 23.0. The van der Waals surface area contributed by atoms with Crippen LogP contribution in [0.15, 0.2) is 48.6 Å². The fourth-order valence-corrected chi connectivity index (χ4v) is 6.21. The number of amides is 4. The summed E-state index contributed by atoms with van der Waals surface area (Å²) in [6.07, 6.45) is 0. The van der Waals surface area contributed by atoms with Gasteiger partial charge in [0.15, 0.2) is 0 Å². The maximum absolute atomic E-state index is 13.5. The van der Waals surface area contributed by atoms with E-state index in [4.69, 9.17) is 4.84 Å². The summed E-state index contributed by atoms with van der Waals surface area (Å²) in [6, 6.07) is 10.5. The predicted molar refractivity (Wildman–Crippen MR) is 145 cm³/mol. The van der Waals surface area contributed by atoms with Crippen molar-refractivity contribution in [3.8, 4) is 0 Å². The lowest BCUT2D eigenvalue weighted by molar-refractivity contribution is -0.164. The molecule has 0 fully saturated rings. The third kappa shape index (κ3) is 2.65. The number of nitrogens with zero attached hydrogens (tertiary/aromatic N) is 2. The highest BCUT2D eigenvalue weighted by atomic mass is 16.7. The first-order valence-corrected chi connectivity index (χ1v) is 12.3. The van der Waals surface area contributed by atoms with Crippen LogP contribution in [0.3, 0.4) is 0 Å². The average Bonchev–Trinajstić information content (AvgIpc) is 2.91. The van der Waals surface area contributed by atoms with Gasteiger partial charge in [-0.3, -0.25) is 24.1 Å². The maximum atomic E-state index is 13.5. The Labute approximate surface area is 221 Å². The van der Waals surface area contributed by atoms with Crippen LogP contribution in [-0.2, 0) is 9.63 Å². The summed E-state index contributed by atoms with van der Waals surface area (Å²) in [7, 11) is 1.48. The molecule has 0 saturated heterocycles. The number of fused-ring (bicyclic) bond motifs is 2. The van der Waals surface area contributed by atoms with Gasteiger partial charge in [-0.15, -0.1) is 0 Å². The van der Waals surface area contributed by atoms with Gasteiger partial charge < -0.3 is 4.84 Å². The van der Waals surface area contributed by atoms with Gasteiger partial charge in [0.2, 0.25) is 0 Å². The van der Waals surface area contributed by atoms with E-state index in [0.29, 0.717) is 27.0 Å². The number of benzene rings is 5. The summed E-state index contributed by atoms with van der Waals surface area (Å²) in [5.41, 5.74) is 3.06. The van der Waals surface area contributed by atoms with Crippen molar-refractivity contribution in [3.05, 3.63) is 81.9 Å². The van der Waals surface area contributed by atoms with Crippen molar-refractivity contribution >= 4 is 72.7 Å². The Hall–Kier alpha value is -5.11. The Morgan fingerprint density at radius 3 is 1.62 bits per heavy atom. The summed E-state index contributed by atoms with van der Waals surface area (Å²) in [4.78, 5) is 71.6. The van der Waals surface area contributed by atoms with Crippen LogP contribution in [0.1, 0.15) is 59.5 Å². The lowest BCUT2D eigenvalue weighted by Gasteiger charge is -2.29. The average molecular weight is 517 g/mol. The summed E-state index contributed by atoms with van der Waals surface area (Å²) < 4.78 is 0. The molecule has 190 valence electrons. The number of hydrogen-bond donors (Lipinski definition) is 0. The molecule has 4 amide bonds. The number of aryl methyl sites for hydroxylation is 2. The Balaban J connectivity index is 1.65. The molecule has 7 rings (SSSR count). The predicted octanol–water partition coefficient (Wildman–Crippen LogP) is 5.21. The normalized spacial score (nSPS) is 15.0. The van der Waals surface area contributed by atoms with Gasteiger partial charge in [-0.1, -0.05) is 23.8 Å². The Bertz CT molecular complexity index is 2100. The van der Waals surface area contributed by atoms with Crippen molar-refractivity contribution in [1.29, 1.82) is 0 Å². The van der Waals surface area contributed by atoms with Gasteiger partial charge in [0.25, 0.3) is 23.6 Å². The van der Waals surface area contributed by atoms with Gasteiger partial charge in [-0.05, 0) is 88.5 Å². The molecule has 5 aromatic rings. The van der Waals surface area contributed by atoms with Crippen molar-refractivity contribution in [2.24, 2.45) is 0 Å². The summed E-state index contributed by atoms with van der Waals surface area (Å²) in [5, 5.41) is 6.44. The molecule has 2 heterocycles. The van der Waals surface area contributed by atoms with Gasteiger partial charge in [0.05, 0.1) is 11.1 Å². The van der Waals surface area contributed by atoms with Crippen molar-refractivity contribution in [3.63, 3.8) is 0 Å². The maximum Gasteiger partial charge on any atom is 0.359 e. The summed E-state index contributed by atoms with van der Waals surface area (Å²) >= 11 is 0. The lowest BCUT2D eigenvalue weighted by Crippen LogP contribution is -2.42. The van der Waals surface area contributed by atoms with Crippen molar-refractivity contribution in [2.75, 3.05) is 7.05 Å². The number of hydroxylamine groups is 2. The number of carbonyl (C=O) groups excluding carboxylic acids is 5. The zero-order valence-electron chi connectivity index (χ0n) is 21.5. The van der Waals surface area contributed by atoms with E-state index < -0.39 is 17.8 Å². The highest BCUT2D eigenvalue weighted by Gasteiger charge is 2.39. The molecule has 0 unspecified atom stereocenters. The Morgan fingerprint density at radius 1 is 0.667 bits per heavy atom. The van der Waals surface area contributed by atoms with Crippen molar-refractivity contribution in [1.82, 2.24) is 9.96 Å². The molecule has 39 heavy (non-hydrogen) atoms. The second kappa shape index (κ2) is 7.26. The van der Waals surface area contributed by atoms with Gasteiger partial charge >= 0.3 is 5.97 Å². The Kier molecular flexibility index (Phi) is 4.29. The minimum Gasteiger partial charge on any atom is -0.325 e. The van der Waals surface area contributed by atoms with E-state index in [2.05, 4.69) is 6.58 Å². The number of rotatable bonds is 2. The fraction of sp³-hybridized carbons (Fsp3) is 0.129. The molecule has 0 N–H and O–H groups in total. The molecule has 0 spiro atoms. The molecule has 2 aliphatic heterocycles. The topological polar surface area (TPSA) is 101 Å². The number of hydrogen-bond acceptors (Lipinski definition) is 6. The molecule has 2 aliphatic rings. The summed E-state index contributed by atoms with van der Waals surface area (Å²) in [6.45, 7) is 8.73. The molecular weight excluding hydrogens is 496 g/mol. The molecule has 8 nitrogen and oxygen atoms in total. The number of imide groups is 2. The number of carbonyl (C=O) groups is 5. The standard InChI is InChI=1S/C31H20N2O6/c1-12(2)31(38)39-33-29(36)18-9-7-16-21-13(3)10-19-23-17(27(34)32(5)28(19)35)8-6-15(25(21)23)22-14(4)11-20(30(33)37)24(18)26(16)22/h6-11H,1H2,2-5H3. The third-order valence-corrected chi connectivity index (χ3v) is 7.92. The molecule has 0 atom stereocenters. The minimum absolute atomic E-state index is 0.0538. The van der Waals surface area contributed by atoms with Gasteiger partial charge in [-0.2, -0.15) is 0 Å². The molecule has 8 heteroatoms. The lowest BCUT2D eigenvalue weighted by atomic mass is 9.80. The quantitative estimate of drug-likeness (QED) is 0.138. The first-order valence-electron chi connectivity index (χ1n) is 12.3. The SMILES string of the molecule is C=C(C)C(=O)ON1C(=O)c2ccc3c4c(C)cc5c6c(ccc(c7c(C)cc(c2c37)C1=O)c64)C(=O)N(C)C5=O. The zero-order chi connectivity index (χ0) is 27.7. The minimum atomic E-state index is -0.874. The van der Waals surface area contributed by atoms with Crippen LogP contribution in [0.5, 0.6) is 0 Å². The molecule has 0 saturated carbocycles. The van der Waals surface area contributed by atoms with Crippen LogP contribution in [-0.4, -0.2) is 46.6 Å². The van der Waals surface area contributed by atoms with Gasteiger partial charge in [-0.25, -0.2) is 4.79 Å². The third-order valence-electron chi connectivity index (χ3n) is 7.92. The first-order chi connectivity index (χ1) is 18.5. The van der Waals surface area contributed by atoms with E-state index in [1.165, 1.54) is 14.0 Å². The molecular formula is C31H20N2O6. The molecule has 0 aliphatic carbocycles. The van der Waals surface area contributed by atoms with E-state index in [0.717, 1.165) is 48.3 Å². The molecule has 0 aromatic heterocycles. The smallest absolute Gasteiger partial charge is 0.325 e. The molecule has 0 radical (unpaired) electrons. The van der Waals surface area contributed by atoms with Crippen molar-refractivity contribution < 1.29 is 28.8 Å². The van der Waals surface area contributed by atoms with Gasteiger partial charge in [0, 0.05) is 34.5 Å². The molecule has 5 aromatic carbocycles. The highest BCUT2D eigenvalue weighted by Crippen LogP contribution is 2.48. The largest absolute Gasteiger partial charge is 0.359 e. The van der Waals surface area contributed by atoms with E-state index in [1.54, 1.807) is 24.3 Å². The van der Waals surface area contributed by atoms with Crippen LogP contribution in [0.2, 0.25) is 0 Å². The fourth-order valence-electron chi connectivity index (χ4n) is 6.21. The van der Waals surface area contributed by atoms with Gasteiger partial charge in [0.1, 0.15) is 0 Å². The Morgan fingerprint density at radius 2 is 1.10 bits per heavy atom. The van der Waals surface area contributed by atoms with Crippen LogP contribution in [0.25, 0.3) is 43.1 Å². The van der Waals surface area contributed by atoms with E-state index in [-0.39, 0.29) is 28.5 Å². The molecule has 0 bridgehead atoms. The van der Waals surface area contributed by atoms with E-state index in [9.17, 15) is 24.0 Å². The van der Waals surface area contributed by atoms with E-state index in [1.807, 2.05) is 26.0 Å². The summed E-state index contributed by atoms with van der Waals surface area (Å²) in [5.74, 6) is -3.06. The zero-order valence-corrected chi connectivity index (χ0v) is 21.5. The van der Waals surface area contributed by atoms with Crippen LogP contribution < -0.4 is 0 Å². The monoisotopic (exact) mass is 516 g/mol.